The number of allylic oxidation sites excluding steroid dienone is 2. The molecular weight excluding hydrogens is 340 g/mol. The van der Waals surface area contributed by atoms with Crippen molar-refractivity contribution in [3.8, 4) is 0 Å². The lowest BCUT2D eigenvalue weighted by Crippen LogP contribution is -2.45. The second kappa shape index (κ2) is 7.59. The van der Waals surface area contributed by atoms with E-state index in [1.165, 1.54) is 57.8 Å². The average molecular weight is 385 g/mol. The monoisotopic (exact) mass is 384 g/mol. The first kappa shape index (κ1) is 20.7. The molecule has 4 aliphatic carbocycles. The Balaban J connectivity index is 1.53. The van der Waals surface area contributed by atoms with Crippen LogP contribution in [0.25, 0.3) is 0 Å². The Bertz CT molecular complexity index is 643. The molecule has 0 heterocycles. The van der Waals surface area contributed by atoms with Crippen LogP contribution in [0.1, 0.15) is 112 Å². The van der Waals surface area contributed by atoms with Crippen molar-refractivity contribution in [2.24, 2.45) is 40.4 Å². The number of rotatable bonds is 5. The van der Waals surface area contributed by atoms with Gasteiger partial charge in [-0.15, -0.1) is 0 Å². The van der Waals surface area contributed by atoms with E-state index < -0.39 is 0 Å². The summed E-state index contributed by atoms with van der Waals surface area (Å²) in [4.78, 5) is 12.1. The molecule has 0 aromatic carbocycles. The summed E-state index contributed by atoms with van der Waals surface area (Å²) in [7, 11) is 0. The molecule has 1 heteroatoms. The number of carbonyl (C=O) groups is 1. The molecule has 0 bridgehead atoms. The molecule has 0 aliphatic heterocycles. The summed E-state index contributed by atoms with van der Waals surface area (Å²) in [6, 6.07) is 0. The van der Waals surface area contributed by atoms with Crippen LogP contribution < -0.4 is 0 Å². The van der Waals surface area contributed by atoms with E-state index in [9.17, 15) is 4.79 Å². The Morgan fingerprint density at radius 2 is 1.75 bits per heavy atom. The Kier molecular flexibility index (Phi) is 5.60. The van der Waals surface area contributed by atoms with Crippen LogP contribution in [0.2, 0.25) is 0 Å². The van der Waals surface area contributed by atoms with Gasteiger partial charge in [-0.3, -0.25) is 4.79 Å². The highest BCUT2D eigenvalue weighted by Crippen LogP contribution is 2.65. The van der Waals surface area contributed by atoms with Crippen LogP contribution in [0.15, 0.2) is 11.1 Å². The maximum atomic E-state index is 12.1. The van der Waals surface area contributed by atoms with Gasteiger partial charge in [0.25, 0.3) is 0 Å². The lowest BCUT2D eigenvalue weighted by atomic mass is 9.50. The first-order valence-corrected chi connectivity index (χ1v) is 12.5. The minimum Gasteiger partial charge on any atom is -0.300 e. The smallest absolute Gasteiger partial charge is 0.133 e. The maximum absolute atomic E-state index is 12.1. The molecule has 0 N–H and O–H groups in total. The van der Waals surface area contributed by atoms with Crippen molar-refractivity contribution in [2.45, 2.75) is 112 Å². The first-order chi connectivity index (χ1) is 13.3. The number of ketones is 1. The molecule has 0 unspecified atom stereocenters. The molecule has 0 amide bonds. The van der Waals surface area contributed by atoms with Crippen LogP contribution in [0, 0.1) is 40.4 Å². The second-order valence-corrected chi connectivity index (χ2v) is 11.9. The number of Topliss-reactive ketones (excluding diaryl/α,β-unsaturated/α-hetero) is 1. The molecule has 0 aromatic heterocycles. The van der Waals surface area contributed by atoms with Gasteiger partial charge >= 0.3 is 0 Å². The van der Waals surface area contributed by atoms with Gasteiger partial charge in [-0.05, 0) is 85.4 Å². The normalized spacial score (nSPS) is 41.6. The highest BCUT2D eigenvalue weighted by Gasteiger charge is 2.55. The second-order valence-electron chi connectivity index (χ2n) is 11.9. The fourth-order valence-electron chi connectivity index (χ4n) is 8.28. The fraction of sp³-hybridized carbons (Fsp3) is 0.889. The Labute approximate surface area is 174 Å². The van der Waals surface area contributed by atoms with Crippen molar-refractivity contribution >= 4 is 5.78 Å². The largest absolute Gasteiger partial charge is 0.300 e. The van der Waals surface area contributed by atoms with E-state index in [0.29, 0.717) is 22.5 Å². The van der Waals surface area contributed by atoms with Gasteiger partial charge in [-0.2, -0.15) is 0 Å². The van der Waals surface area contributed by atoms with E-state index in [2.05, 4.69) is 34.6 Å². The van der Waals surface area contributed by atoms with Crippen LogP contribution in [0.4, 0.5) is 0 Å². The summed E-state index contributed by atoms with van der Waals surface area (Å²) in [5.74, 6) is 4.68. The molecule has 2 fully saturated rings. The van der Waals surface area contributed by atoms with E-state index in [4.69, 9.17) is 0 Å². The van der Waals surface area contributed by atoms with Gasteiger partial charge in [0.1, 0.15) is 5.78 Å². The summed E-state index contributed by atoms with van der Waals surface area (Å²) in [5, 5.41) is 0. The summed E-state index contributed by atoms with van der Waals surface area (Å²) >= 11 is 0. The molecule has 0 radical (unpaired) electrons. The van der Waals surface area contributed by atoms with Crippen LogP contribution >= 0.6 is 0 Å². The molecule has 0 saturated heterocycles. The first-order valence-electron chi connectivity index (χ1n) is 12.5. The topological polar surface area (TPSA) is 17.1 Å². The van der Waals surface area contributed by atoms with Crippen molar-refractivity contribution in [3.63, 3.8) is 0 Å². The minimum atomic E-state index is 0.351. The SMILES string of the molecule is CC(C)CCC[C@@H](C)[C@H]1CC[C@H]2C3=C(CC[C@]12C)[C@@]1(C)CCC(=O)C[C@@H]1CC3. The molecule has 4 aliphatic rings. The Hall–Kier alpha value is -0.590. The summed E-state index contributed by atoms with van der Waals surface area (Å²) < 4.78 is 0. The fourth-order valence-corrected chi connectivity index (χ4v) is 8.28. The van der Waals surface area contributed by atoms with E-state index in [1.807, 2.05) is 11.1 Å². The molecular formula is C27H44O. The molecule has 2 saturated carbocycles. The third-order valence-corrected chi connectivity index (χ3v) is 10.0. The number of hydrogen-bond donors (Lipinski definition) is 0. The van der Waals surface area contributed by atoms with Gasteiger partial charge < -0.3 is 0 Å². The minimum absolute atomic E-state index is 0.351. The van der Waals surface area contributed by atoms with E-state index >= 15 is 0 Å². The molecule has 0 spiro atoms. The highest BCUT2D eigenvalue weighted by molar-refractivity contribution is 5.80. The van der Waals surface area contributed by atoms with Crippen LogP contribution in [0.3, 0.4) is 0 Å². The van der Waals surface area contributed by atoms with E-state index in [1.54, 1.807) is 0 Å². The van der Waals surface area contributed by atoms with Gasteiger partial charge in [0, 0.05) is 12.8 Å². The molecule has 158 valence electrons. The van der Waals surface area contributed by atoms with Crippen LogP contribution in [-0.4, -0.2) is 5.78 Å². The number of carbonyl (C=O) groups excluding carboxylic acids is 1. The zero-order chi connectivity index (χ0) is 20.1. The van der Waals surface area contributed by atoms with Crippen LogP contribution in [-0.2, 0) is 4.79 Å². The molecule has 0 aromatic rings. The van der Waals surface area contributed by atoms with Crippen molar-refractivity contribution in [3.05, 3.63) is 11.1 Å². The van der Waals surface area contributed by atoms with Crippen molar-refractivity contribution in [1.82, 2.24) is 0 Å². The Morgan fingerprint density at radius 1 is 0.964 bits per heavy atom. The van der Waals surface area contributed by atoms with Gasteiger partial charge in [-0.25, -0.2) is 0 Å². The standard InChI is InChI=1S/C27H44O/c1-18(2)7-6-8-19(3)23-11-12-24-22-10-9-20-17-21(28)13-15-26(20,4)25(22)14-16-27(23,24)5/h18-20,23-24H,6-17H2,1-5H3/t19-,20+,23-,24+,26+,27-/m1/s1. The molecule has 6 atom stereocenters. The predicted molar refractivity (Wildman–Crippen MR) is 118 cm³/mol. The molecule has 1 nitrogen and oxygen atoms in total. The summed E-state index contributed by atoms with van der Waals surface area (Å²) in [6.45, 7) is 12.5. The van der Waals surface area contributed by atoms with Crippen molar-refractivity contribution < 1.29 is 4.79 Å². The maximum Gasteiger partial charge on any atom is 0.133 e. The predicted octanol–water partition coefficient (Wildman–Crippen LogP) is 7.74. The number of fused-ring (bicyclic) bond motifs is 4. The summed E-state index contributed by atoms with van der Waals surface area (Å²) in [6.07, 6.45) is 15.3. The summed E-state index contributed by atoms with van der Waals surface area (Å²) in [5.41, 5.74) is 4.62. The van der Waals surface area contributed by atoms with Gasteiger partial charge in [0.05, 0.1) is 0 Å². The van der Waals surface area contributed by atoms with Crippen molar-refractivity contribution in [2.75, 3.05) is 0 Å². The zero-order valence-electron chi connectivity index (χ0n) is 19.3. The molecule has 28 heavy (non-hydrogen) atoms. The van der Waals surface area contributed by atoms with E-state index in [-0.39, 0.29) is 0 Å². The molecule has 4 rings (SSSR count). The third kappa shape index (κ3) is 3.33. The van der Waals surface area contributed by atoms with E-state index in [0.717, 1.165) is 42.9 Å². The Morgan fingerprint density at radius 3 is 2.50 bits per heavy atom. The number of hydrogen-bond acceptors (Lipinski definition) is 1. The lowest BCUT2D eigenvalue weighted by Gasteiger charge is -2.54. The zero-order valence-corrected chi connectivity index (χ0v) is 19.3. The van der Waals surface area contributed by atoms with Gasteiger partial charge in [-0.1, -0.05) is 65.0 Å². The highest BCUT2D eigenvalue weighted by atomic mass is 16.1. The quantitative estimate of drug-likeness (QED) is 0.443. The van der Waals surface area contributed by atoms with Gasteiger partial charge in [0.15, 0.2) is 0 Å². The van der Waals surface area contributed by atoms with Crippen LogP contribution in [0.5, 0.6) is 0 Å². The third-order valence-electron chi connectivity index (χ3n) is 10.0. The average Bonchev–Trinajstić information content (AvgIpc) is 2.99. The lowest BCUT2D eigenvalue weighted by molar-refractivity contribution is -0.124. The van der Waals surface area contributed by atoms with Crippen molar-refractivity contribution in [1.29, 1.82) is 0 Å². The van der Waals surface area contributed by atoms with Gasteiger partial charge in [0.2, 0.25) is 0 Å².